The Morgan fingerprint density at radius 3 is 2.43 bits per heavy atom. The standard InChI is InChI=1S/C20H20N4O4/c1-27-16-9-8-13(10-17(16)28-2)19-15(20(26)22-11-18(21)25)12-24(23-19)14-6-4-3-5-7-14/h3-10,12H,11H2,1-2H3,(H2,21,25)(H,22,26). The molecule has 8 heteroatoms. The van der Waals surface area contributed by atoms with E-state index >= 15 is 0 Å². The normalized spacial score (nSPS) is 10.4. The summed E-state index contributed by atoms with van der Waals surface area (Å²) >= 11 is 0. The molecule has 0 radical (unpaired) electrons. The first-order valence-corrected chi connectivity index (χ1v) is 8.47. The minimum Gasteiger partial charge on any atom is -0.493 e. The molecular weight excluding hydrogens is 360 g/mol. The maximum absolute atomic E-state index is 12.6. The average molecular weight is 380 g/mol. The zero-order valence-corrected chi connectivity index (χ0v) is 15.5. The van der Waals surface area contributed by atoms with Crippen LogP contribution in [0, 0.1) is 0 Å². The second-order valence-corrected chi connectivity index (χ2v) is 5.89. The van der Waals surface area contributed by atoms with Crippen LogP contribution in [0.1, 0.15) is 10.4 Å². The molecule has 3 aromatic rings. The molecule has 28 heavy (non-hydrogen) atoms. The van der Waals surface area contributed by atoms with Crippen LogP contribution in [-0.2, 0) is 4.79 Å². The van der Waals surface area contributed by atoms with Gasteiger partial charge >= 0.3 is 0 Å². The molecule has 0 spiro atoms. The number of ether oxygens (including phenoxy) is 2. The van der Waals surface area contributed by atoms with Crippen molar-refractivity contribution in [3.05, 3.63) is 60.3 Å². The van der Waals surface area contributed by atoms with Gasteiger partial charge in [0.25, 0.3) is 5.91 Å². The Bertz CT molecular complexity index is 999. The summed E-state index contributed by atoms with van der Waals surface area (Å²) < 4.78 is 12.2. The summed E-state index contributed by atoms with van der Waals surface area (Å²) in [5.74, 6) is -0.00605. The van der Waals surface area contributed by atoms with Crippen LogP contribution < -0.4 is 20.5 Å². The van der Waals surface area contributed by atoms with Crippen molar-refractivity contribution in [3.63, 3.8) is 0 Å². The number of primary amides is 1. The lowest BCUT2D eigenvalue weighted by Crippen LogP contribution is -2.33. The van der Waals surface area contributed by atoms with Crippen LogP contribution in [0.4, 0.5) is 0 Å². The first-order chi connectivity index (χ1) is 13.5. The van der Waals surface area contributed by atoms with Crippen molar-refractivity contribution < 1.29 is 19.1 Å². The first kappa shape index (κ1) is 19.0. The number of nitrogens with one attached hydrogen (secondary N) is 1. The molecule has 2 amide bonds. The van der Waals surface area contributed by atoms with Crippen LogP contribution in [0.2, 0.25) is 0 Å². The number of hydrogen-bond donors (Lipinski definition) is 2. The molecule has 0 unspecified atom stereocenters. The molecule has 0 saturated heterocycles. The number of carbonyl (C=O) groups is 2. The van der Waals surface area contributed by atoms with Crippen molar-refractivity contribution >= 4 is 11.8 Å². The van der Waals surface area contributed by atoms with E-state index in [2.05, 4.69) is 10.4 Å². The highest BCUT2D eigenvalue weighted by atomic mass is 16.5. The number of aromatic nitrogens is 2. The zero-order valence-electron chi connectivity index (χ0n) is 15.5. The summed E-state index contributed by atoms with van der Waals surface area (Å²) in [6, 6.07) is 14.6. The fraction of sp³-hybridized carbons (Fsp3) is 0.150. The van der Waals surface area contributed by atoms with Gasteiger partial charge in [0.2, 0.25) is 5.91 Å². The van der Waals surface area contributed by atoms with Crippen molar-refractivity contribution in [1.29, 1.82) is 0 Å². The van der Waals surface area contributed by atoms with E-state index in [1.807, 2.05) is 30.3 Å². The largest absolute Gasteiger partial charge is 0.493 e. The summed E-state index contributed by atoms with van der Waals surface area (Å²) in [5.41, 5.74) is 7.32. The number of carbonyl (C=O) groups excluding carboxylic acids is 2. The molecule has 2 aromatic carbocycles. The molecule has 0 atom stereocenters. The Kier molecular flexibility index (Phi) is 5.59. The van der Waals surface area contributed by atoms with Gasteiger partial charge in [-0.1, -0.05) is 18.2 Å². The second-order valence-electron chi connectivity index (χ2n) is 5.89. The Morgan fingerprint density at radius 2 is 1.79 bits per heavy atom. The fourth-order valence-electron chi connectivity index (χ4n) is 2.71. The smallest absolute Gasteiger partial charge is 0.255 e. The van der Waals surface area contributed by atoms with Gasteiger partial charge in [-0.15, -0.1) is 0 Å². The van der Waals surface area contributed by atoms with E-state index in [-0.39, 0.29) is 6.54 Å². The number of rotatable bonds is 7. The van der Waals surface area contributed by atoms with Gasteiger partial charge in [-0.2, -0.15) is 5.10 Å². The fourth-order valence-corrected chi connectivity index (χ4v) is 2.71. The van der Waals surface area contributed by atoms with Gasteiger partial charge in [0.15, 0.2) is 11.5 Å². The topological polar surface area (TPSA) is 108 Å². The Hall–Kier alpha value is -3.81. The highest BCUT2D eigenvalue weighted by Crippen LogP contribution is 2.33. The van der Waals surface area contributed by atoms with Gasteiger partial charge in [-0.25, -0.2) is 4.68 Å². The minimum atomic E-state index is -0.628. The summed E-state index contributed by atoms with van der Waals surface area (Å²) in [6.45, 7) is -0.263. The summed E-state index contributed by atoms with van der Waals surface area (Å²) in [7, 11) is 3.08. The van der Waals surface area contributed by atoms with E-state index in [4.69, 9.17) is 15.2 Å². The lowest BCUT2D eigenvalue weighted by Gasteiger charge is -2.09. The highest BCUT2D eigenvalue weighted by molar-refractivity contribution is 6.01. The van der Waals surface area contributed by atoms with Crippen LogP contribution >= 0.6 is 0 Å². The SMILES string of the molecule is COc1ccc(-c2nn(-c3ccccc3)cc2C(=O)NCC(N)=O)cc1OC. The summed E-state index contributed by atoms with van der Waals surface area (Å²) in [4.78, 5) is 23.7. The molecule has 1 aromatic heterocycles. The second kappa shape index (κ2) is 8.26. The van der Waals surface area contributed by atoms with Gasteiger partial charge in [0, 0.05) is 11.8 Å². The van der Waals surface area contributed by atoms with E-state index in [0.29, 0.717) is 28.3 Å². The predicted molar refractivity (Wildman–Crippen MR) is 104 cm³/mol. The van der Waals surface area contributed by atoms with Gasteiger partial charge in [-0.05, 0) is 30.3 Å². The predicted octanol–water partition coefficient (Wildman–Crippen LogP) is 1.77. The van der Waals surface area contributed by atoms with Crippen molar-refractivity contribution in [1.82, 2.24) is 15.1 Å². The maximum Gasteiger partial charge on any atom is 0.255 e. The van der Waals surface area contributed by atoms with Gasteiger partial charge in [-0.3, -0.25) is 9.59 Å². The lowest BCUT2D eigenvalue weighted by atomic mass is 10.1. The third-order valence-corrected chi connectivity index (χ3v) is 4.06. The number of benzene rings is 2. The van der Waals surface area contributed by atoms with E-state index in [9.17, 15) is 9.59 Å². The number of nitrogens with two attached hydrogens (primary N) is 1. The van der Waals surface area contributed by atoms with Crippen molar-refractivity contribution in [3.8, 4) is 28.4 Å². The molecule has 144 valence electrons. The van der Waals surface area contributed by atoms with Gasteiger partial charge in [0.1, 0.15) is 5.69 Å². The third kappa shape index (κ3) is 3.96. The van der Waals surface area contributed by atoms with Crippen molar-refractivity contribution in [2.24, 2.45) is 5.73 Å². The van der Waals surface area contributed by atoms with Crippen LogP contribution in [0.15, 0.2) is 54.7 Å². The molecular formula is C20H20N4O4. The highest BCUT2D eigenvalue weighted by Gasteiger charge is 2.20. The molecule has 0 bridgehead atoms. The number of nitrogens with zero attached hydrogens (tertiary/aromatic N) is 2. The molecule has 3 rings (SSSR count). The minimum absolute atomic E-state index is 0.263. The van der Waals surface area contributed by atoms with Crippen LogP contribution in [0.5, 0.6) is 11.5 Å². The van der Waals surface area contributed by atoms with Crippen LogP contribution in [0.3, 0.4) is 0 Å². The lowest BCUT2D eigenvalue weighted by molar-refractivity contribution is -0.117. The summed E-state index contributed by atoms with van der Waals surface area (Å²) in [6.07, 6.45) is 1.61. The monoisotopic (exact) mass is 380 g/mol. The molecule has 8 nitrogen and oxygen atoms in total. The quantitative estimate of drug-likeness (QED) is 0.649. The molecule has 0 saturated carbocycles. The molecule has 0 aliphatic rings. The van der Waals surface area contributed by atoms with Crippen LogP contribution in [-0.4, -0.2) is 42.4 Å². The van der Waals surface area contributed by atoms with Gasteiger partial charge < -0.3 is 20.5 Å². The molecule has 3 N–H and O–H groups in total. The van der Waals surface area contributed by atoms with Gasteiger partial charge in [0.05, 0.1) is 32.0 Å². The molecule has 1 heterocycles. The van der Waals surface area contributed by atoms with Crippen LogP contribution in [0.25, 0.3) is 16.9 Å². The molecule has 0 fully saturated rings. The van der Waals surface area contributed by atoms with E-state index in [1.54, 1.807) is 36.2 Å². The van der Waals surface area contributed by atoms with E-state index in [0.717, 1.165) is 5.69 Å². The third-order valence-electron chi connectivity index (χ3n) is 4.06. The molecule has 0 aliphatic carbocycles. The summed E-state index contributed by atoms with van der Waals surface area (Å²) in [5, 5.41) is 7.07. The Balaban J connectivity index is 2.09. The number of amides is 2. The Labute approximate surface area is 161 Å². The van der Waals surface area contributed by atoms with E-state index in [1.165, 1.54) is 7.11 Å². The zero-order chi connectivity index (χ0) is 20.1. The number of para-hydroxylation sites is 1. The number of methoxy groups -OCH3 is 2. The van der Waals surface area contributed by atoms with E-state index < -0.39 is 11.8 Å². The van der Waals surface area contributed by atoms with Crippen molar-refractivity contribution in [2.75, 3.05) is 20.8 Å². The molecule has 0 aliphatic heterocycles. The van der Waals surface area contributed by atoms with Crippen molar-refractivity contribution in [2.45, 2.75) is 0 Å². The average Bonchev–Trinajstić information content (AvgIpc) is 3.17. The maximum atomic E-state index is 12.6. The number of hydrogen-bond acceptors (Lipinski definition) is 5. The Morgan fingerprint density at radius 1 is 1.07 bits per heavy atom. The first-order valence-electron chi connectivity index (χ1n) is 8.47.